The molecule has 0 unspecified atom stereocenters. The number of halogens is 2. The Bertz CT molecular complexity index is 1220. The van der Waals surface area contributed by atoms with Gasteiger partial charge in [0, 0.05) is 12.2 Å². The summed E-state index contributed by atoms with van der Waals surface area (Å²) in [6, 6.07) is 3.72. The molecule has 1 aromatic carbocycles. The van der Waals surface area contributed by atoms with Gasteiger partial charge in [-0.25, -0.2) is 13.8 Å². The molecule has 2 aromatic heterocycles. The number of nitrogens with zero attached hydrogens (tertiary/aromatic N) is 2. The number of hydrogen-bond acceptors (Lipinski definition) is 3. The third-order valence-corrected chi connectivity index (χ3v) is 4.10. The smallest absolute Gasteiger partial charge is 0.272 e. The van der Waals surface area contributed by atoms with E-state index in [4.69, 9.17) is 0 Å². The lowest BCUT2D eigenvalue weighted by Crippen LogP contribution is -2.46. The second-order valence-electron chi connectivity index (χ2n) is 6.49. The van der Waals surface area contributed by atoms with Gasteiger partial charge in [0.15, 0.2) is 11.6 Å². The van der Waals surface area contributed by atoms with Crippen molar-refractivity contribution >= 4 is 12.7 Å². The second kappa shape index (κ2) is 7.14. The lowest BCUT2D eigenvalue weighted by Gasteiger charge is -2.12. The fourth-order valence-corrected chi connectivity index (χ4v) is 2.86. The van der Waals surface area contributed by atoms with Crippen LogP contribution in [0.4, 0.5) is 8.78 Å². The molecular weight excluding hydrogens is 354 g/mol. The monoisotopic (exact) mass is 372 g/mol. The van der Waals surface area contributed by atoms with Gasteiger partial charge in [-0.05, 0) is 29.7 Å². The Kier molecular flexibility index (Phi) is 4.89. The van der Waals surface area contributed by atoms with Crippen LogP contribution in [0.3, 0.4) is 0 Å². The van der Waals surface area contributed by atoms with Gasteiger partial charge in [0.2, 0.25) is 0 Å². The highest BCUT2D eigenvalue weighted by atomic mass is 19.2. The van der Waals surface area contributed by atoms with Crippen molar-refractivity contribution in [1.82, 2.24) is 19.5 Å². The minimum Gasteiger partial charge on any atom is -0.329 e. The molecule has 8 heteroatoms. The van der Waals surface area contributed by atoms with E-state index < -0.39 is 22.8 Å². The molecule has 0 aliphatic carbocycles. The summed E-state index contributed by atoms with van der Waals surface area (Å²) in [5.41, 5.74) is 0.897. The fraction of sp³-hybridized carbons (Fsp3) is 0.211. The van der Waals surface area contributed by atoms with Gasteiger partial charge >= 0.3 is 0 Å². The van der Waals surface area contributed by atoms with Gasteiger partial charge in [0.1, 0.15) is 5.35 Å². The van der Waals surface area contributed by atoms with Crippen molar-refractivity contribution < 1.29 is 8.78 Å². The zero-order valence-corrected chi connectivity index (χ0v) is 14.8. The van der Waals surface area contributed by atoms with E-state index in [9.17, 15) is 18.4 Å². The molecule has 2 heterocycles. The summed E-state index contributed by atoms with van der Waals surface area (Å²) in [6.45, 7) is 7.63. The summed E-state index contributed by atoms with van der Waals surface area (Å²) < 4.78 is 28.4. The molecule has 0 aliphatic heterocycles. The largest absolute Gasteiger partial charge is 0.329 e. The quantitative estimate of drug-likeness (QED) is 0.715. The number of H-pyrrole nitrogens is 2. The summed E-state index contributed by atoms with van der Waals surface area (Å²) >= 11 is 0. The van der Waals surface area contributed by atoms with E-state index in [0.29, 0.717) is 11.3 Å². The van der Waals surface area contributed by atoms with E-state index in [1.54, 1.807) is 10.9 Å². The van der Waals surface area contributed by atoms with Crippen LogP contribution in [0.1, 0.15) is 36.7 Å². The maximum atomic E-state index is 13.5. The molecule has 0 saturated carbocycles. The first kappa shape index (κ1) is 18.5. The van der Waals surface area contributed by atoms with Crippen LogP contribution in [0.2, 0.25) is 0 Å². The van der Waals surface area contributed by atoms with Gasteiger partial charge in [0.05, 0.1) is 17.4 Å². The lowest BCUT2D eigenvalue weighted by atomic mass is 10.1. The van der Waals surface area contributed by atoms with Gasteiger partial charge < -0.3 is 14.5 Å². The molecule has 140 valence electrons. The molecule has 0 aliphatic rings. The Morgan fingerprint density at radius 2 is 1.93 bits per heavy atom. The minimum atomic E-state index is -0.914. The van der Waals surface area contributed by atoms with E-state index in [1.165, 1.54) is 12.1 Å². The number of nitrogens with one attached hydrogen (secondary N) is 2. The zero-order valence-electron chi connectivity index (χ0n) is 14.8. The van der Waals surface area contributed by atoms with Crippen LogP contribution in [0.25, 0.3) is 12.7 Å². The predicted molar refractivity (Wildman–Crippen MR) is 97.8 cm³/mol. The molecule has 0 radical (unpaired) electrons. The molecule has 3 rings (SSSR count). The van der Waals surface area contributed by atoms with Crippen molar-refractivity contribution in [2.45, 2.75) is 26.3 Å². The van der Waals surface area contributed by atoms with Crippen LogP contribution in [0, 0.1) is 11.6 Å². The van der Waals surface area contributed by atoms with Gasteiger partial charge in [-0.1, -0.05) is 26.5 Å². The standard InChI is InChI=1S/C19H18F2N4O2/c1-10(2)17-15(7-16-19(27)23-11(3)18(26)24-16)22-9-25(17)8-12-4-5-13(20)14(21)6-12/h4-7,9-10H,3,8H2,1-2H3,(H,23,27)(H,24,26). The molecule has 0 amide bonds. The first-order valence-electron chi connectivity index (χ1n) is 8.28. The molecule has 2 N–H and O–H groups in total. The molecule has 0 bridgehead atoms. The normalized spacial score (nSPS) is 12.1. The number of imidazole rings is 1. The SMILES string of the molecule is C=c1[nH]c(=O)c(=Cc2ncn(Cc3ccc(F)c(F)c3)c2C(C)C)[nH]c1=O. The first-order valence-corrected chi connectivity index (χ1v) is 8.28. The van der Waals surface area contributed by atoms with Gasteiger partial charge in [-0.2, -0.15) is 0 Å². The molecule has 0 atom stereocenters. The summed E-state index contributed by atoms with van der Waals surface area (Å²) in [6.07, 6.45) is 3.04. The van der Waals surface area contributed by atoms with E-state index in [2.05, 4.69) is 21.5 Å². The highest BCUT2D eigenvalue weighted by Gasteiger charge is 2.14. The highest BCUT2D eigenvalue weighted by Crippen LogP contribution is 2.21. The van der Waals surface area contributed by atoms with Gasteiger partial charge in [0.25, 0.3) is 11.1 Å². The fourth-order valence-electron chi connectivity index (χ4n) is 2.86. The van der Waals surface area contributed by atoms with Gasteiger partial charge in [-0.15, -0.1) is 0 Å². The Morgan fingerprint density at radius 1 is 1.19 bits per heavy atom. The average Bonchev–Trinajstić information content (AvgIpc) is 2.98. The number of aromatic amines is 2. The number of benzene rings is 1. The molecule has 0 fully saturated rings. The Hall–Kier alpha value is -3.29. The Morgan fingerprint density at radius 3 is 2.59 bits per heavy atom. The van der Waals surface area contributed by atoms with Crippen molar-refractivity contribution in [2.75, 3.05) is 0 Å². The predicted octanol–water partition coefficient (Wildman–Crippen LogP) is 0.949. The number of rotatable bonds is 4. The third-order valence-electron chi connectivity index (χ3n) is 4.10. The summed E-state index contributed by atoms with van der Waals surface area (Å²) in [4.78, 5) is 32.9. The van der Waals surface area contributed by atoms with Crippen LogP contribution in [-0.2, 0) is 6.54 Å². The maximum absolute atomic E-state index is 13.5. The number of hydrogen-bond donors (Lipinski definition) is 2. The van der Waals surface area contributed by atoms with E-state index in [0.717, 1.165) is 17.8 Å². The van der Waals surface area contributed by atoms with E-state index >= 15 is 0 Å². The van der Waals surface area contributed by atoms with Crippen molar-refractivity contribution in [3.8, 4) is 0 Å². The van der Waals surface area contributed by atoms with Crippen LogP contribution >= 0.6 is 0 Å². The molecule has 0 saturated heterocycles. The zero-order chi connectivity index (χ0) is 19.7. The van der Waals surface area contributed by atoms with Crippen LogP contribution < -0.4 is 21.8 Å². The number of aromatic nitrogens is 4. The van der Waals surface area contributed by atoms with Crippen molar-refractivity contribution in [3.63, 3.8) is 0 Å². The summed E-state index contributed by atoms with van der Waals surface area (Å²) in [5, 5.41) is 0.0393. The summed E-state index contributed by atoms with van der Waals surface area (Å²) in [5.74, 6) is -1.79. The van der Waals surface area contributed by atoms with Crippen LogP contribution in [-0.4, -0.2) is 19.5 Å². The molecule has 3 aromatic rings. The molecule has 0 spiro atoms. The molecule has 27 heavy (non-hydrogen) atoms. The maximum Gasteiger partial charge on any atom is 0.272 e. The van der Waals surface area contributed by atoms with Crippen molar-refractivity contribution in [2.24, 2.45) is 0 Å². The Balaban J connectivity index is 2.09. The van der Waals surface area contributed by atoms with E-state index in [1.807, 2.05) is 13.8 Å². The van der Waals surface area contributed by atoms with Gasteiger partial charge in [-0.3, -0.25) is 9.59 Å². The topological polar surface area (TPSA) is 83.5 Å². The Labute approximate surface area is 152 Å². The molecular formula is C19H18F2N4O2. The third kappa shape index (κ3) is 3.79. The average molecular weight is 372 g/mol. The minimum absolute atomic E-state index is 0.0231. The first-order chi connectivity index (χ1) is 12.8. The van der Waals surface area contributed by atoms with Crippen LogP contribution in [0.5, 0.6) is 0 Å². The lowest BCUT2D eigenvalue weighted by molar-refractivity contribution is 0.506. The van der Waals surface area contributed by atoms with Crippen molar-refractivity contribution in [3.05, 3.63) is 84.5 Å². The molecule has 6 nitrogen and oxygen atoms in total. The second-order valence-corrected chi connectivity index (χ2v) is 6.49. The van der Waals surface area contributed by atoms with Crippen LogP contribution in [0.15, 0.2) is 34.1 Å². The van der Waals surface area contributed by atoms with Crippen molar-refractivity contribution in [1.29, 1.82) is 0 Å². The highest BCUT2D eigenvalue weighted by molar-refractivity contribution is 5.47. The summed E-state index contributed by atoms with van der Waals surface area (Å²) in [7, 11) is 0. The van der Waals surface area contributed by atoms with E-state index in [-0.39, 0.29) is 23.2 Å².